The van der Waals surface area contributed by atoms with Crippen LogP contribution in [0, 0.1) is 0 Å². The number of rotatable bonds is 3. The van der Waals surface area contributed by atoms with Crippen molar-refractivity contribution >= 4 is 18.5 Å². The standard InChI is InChI=1S/C7H11N3OS/c1-5(11)8-3-2-6-4-9-7(12)10-6/h4H,2-3H2,1H3,(H,8,11)(H2,9,10,12). The van der Waals surface area contributed by atoms with Crippen molar-refractivity contribution in [3.05, 3.63) is 11.9 Å². The lowest BCUT2D eigenvalue weighted by Crippen LogP contribution is -2.22. The van der Waals surface area contributed by atoms with Gasteiger partial charge in [0.1, 0.15) is 0 Å². The minimum atomic E-state index is -0.0170. The summed E-state index contributed by atoms with van der Waals surface area (Å²) in [5.74, 6) is -0.0170. The second-order valence-electron chi connectivity index (χ2n) is 2.45. The number of amides is 1. The molecule has 0 unspecified atom stereocenters. The molecule has 0 aromatic carbocycles. The molecule has 0 aliphatic rings. The van der Waals surface area contributed by atoms with Gasteiger partial charge < -0.3 is 10.3 Å². The molecule has 2 N–H and O–H groups in total. The number of hydrogen-bond acceptors (Lipinski definition) is 3. The topological polar surface area (TPSA) is 57.8 Å². The highest BCUT2D eigenvalue weighted by atomic mass is 32.1. The Morgan fingerprint density at radius 3 is 3.08 bits per heavy atom. The van der Waals surface area contributed by atoms with E-state index in [0.717, 1.165) is 12.1 Å². The summed E-state index contributed by atoms with van der Waals surface area (Å²) in [6.45, 7) is 2.11. The van der Waals surface area contributed by atoms with Gasteiger partial charge in [-0.25, -0.2) is 4.98 Å². The molecule has 0 spiro atoms. The number of nitrogens with zero attached hydrogens (tertiary/aromatic N) is 1. The highest BCUT2D eigenvalue weighted by Gasteiger charge is 1.97. The Bertz CT molecular complexity index is 271. The molecular weight excluding hydrogens is 174 g/mol. The average molecular weight is 185 g/mol. The van der Waals surface area contributed by atoms with Crippen molar-refractivity contribution < 1.29 is 4.79 Å². The Balaban J connectivity index is 2.29. The molecule has 1 aromatic heterocycles. The van der Waals surface area contributed by atoms with Crippen LogP contribution >= 0.6 is 12.6 Å². The van der Waals surface area contributed by atoms with Crippen molar-refractivity contribution in [2.45, 2.75) is 18.5 Å². The SMILES string of the molecule is CC(=O)NCCc1c[nH]c(S)n1. The molecule has 0 aliphatic heterocycles. The number of imidazole rings is 1. The molecule has 0 fully saturated rings. The first kappa shape index (κ1) is 9.12. The predicted molar refractivity (Wildman–Crippen MR) is 48.2 cm³/mol. The third-order valence-electron chi connectivity index (χ3n) is 1.37. The van der Waals surface area contributed by atoms with E-state index in [9.17, 15) is 4.79 Å². The summed E-state index contributed by atoms with van der Waals surface area (Å²) in [6.07, 6.45) is 2.51. The van der Waals surface area contributed by atoms with E-state index in [2.05, 4.69) is 27.9 Å². The molecule has 0 saturated carbocycles. The number of nitrogens with one attached hydrogen (secondary N) is 2. The first-order chi connectivity index (χ1) is 5.68. The van der Waals surface area contributed by atoms with Crippen molar-refractivity contribution in [3.8, 4) is 0 Å². The molecule has 1 heterocycles. The Morgan fingerprint density at radius 1 is 1.83 bits per heavy atom. The van der Waals surface area contributed by atoms with Crippen LogP contribution in [0.4, 0.5) is 0 Å². The fourth-order valence-electron chi connectivity index (χ4n) is 0.843. The zero-order chi connectivity index (χ0) is 8.97. The second-order valence-corrected chi connectivity index (χ2v) is 2.87. The van der Waals surface area contributed by atoms with Crippen LogP contribution in [0.15, 0.2) is 11.4 Å². The fraction of sp³-hybridized carbons (Fsp3) is 0.429. The fourth-order valence-corrected chi connectivity index (χ4v) is 1.04. The highest BCUT2D eigenvalue weighted by Crippen LogP contribution is 2.00. The second kappa shape index (κ2) is 4.15. The third kappa shape index (κ3) is 2.96. The first-order valence-electron chi connectivity index (χ1n) is 3.66. The van der Waals surface area contributed by atoms with Crippen molar-refractivity contribution in [3.63, 3.8) is 0 Å². The van der Waals surface area contributed by atoms with Gasteiger partial charge in [-0.05, 0) is 0 Å². The van der Waals surface area contributed by atoms with Crippen molar-refractivity contribution in [2.24, 2.45) is 0 Å². The van der Waals surface area contributed by atoms with Crippen LogP contribution in [0.2, 0.25) is 0 Å². The van der Waals surface area contributed by atoms with Crippen LogP contribution in [0.5, 0.6) is 0 Å². The smallest absolute Gasteiger partial charge is 0.216 e. The minimum absolute atomic E-state index is 0.0170. The molecule has 4 nitrogen and oxygen atoms in total. The number of carbonyl (C=O) groups is 1. The summed E-state index contributed by atoms with van der Waals surface area (Å²) < 4.78 is 0. The number of aromatic amines is 1. The molecule has 0 radical (unpaired) electrons. The van der Waals surface area contributed by atoms with E-state index in [1.807, 2.05) is 0 Å². The zero-order valence-electron chi connectivity index (χ0n) is 6.79. The molecule has 1 rings (SSSR count). The summed E-state index contributed by atoms with van der Waals surface area (Å²) in [5, 5.41) is 3.29. The van der Waals surface area contributed by atoms with E-state index in [1.165, 1.54) is 6.92 Å². The van der Waals surface area contributed by atoms with Gasteiger partial charge in [0.05, 0.1) is 5.69 Å². The maximum Gasteiger partial charge on any atom is 0.216 e. The van der Waals surface area contributed by atoms with E-state index in [1.54, 1.807) is 6.20 Å². The van der Waals surface area contributed by atoms with Crippen LogP contribution in [-0.4, -0.2) is 22.4 Å². The largest absolute Gasteiger partial charge is 0.356 e. The summed E-state index contributed by atoms with van der Waals surface area (Å²) in [6, 6.07) is 0. The number of carbonyl (C=O) groups excluding carboxylic acids is 1. The van der Waals surface area contributed by atoms with E-state index in [4.69, 9.17) is 0 Å². The lowest BCUT2D eigenvalue weighted by atomic mass is 10.3. The molecule has 66 valence electrons. The molecule has 0 bridgehead atoms. The third-order valence-corrected chi connectivity index (χ3v) is 1.60. The van der Waals surface area contributed by atoms with Gasteiger partial charge in [0.25, 0.3) is 0 Å². The van der Waals surface area contributed by atoms with Crippen LogP contribution in [0.1, 0.15) is 12.6 Å². The lowest BCUT2D eigenvalue weighted by Gasteiger charge is -1.97. The molecule has 12 heavy (non-hydrogen) atoms. The molecule has 1 amide bonds. The molecule has 0 saturated heterocycles. The number of H-pyrrole nitrogens is 1. The minimum Gasteiger partial charge on any atom is -0.356 e. The number of thiol groups is 1. The van der Waals surface area contributed by atoms with Gasteiger partial charge in [-0.3, -0.25) is 4.79 Å². The Hall–Kier alpha value is -0.970. The van der Waals surface area contributed by atoms with Crippen LogP contribution in [0.3, 0.4) is 0 Å². The van der Waals surface area contributed by atoms with Crippen molar-refractivity contribution in [1.82, 2.24) is 15.3 Å². The van der Waals surface area contributed by atoms with Gasteiger partial charge in [0, 0.05) is 26.1 Å². The van der Waals surface area contributed by atoms with E-state index < -0.39 is 0 Å². The van der Waals surface area contributed by atoms with Crippen molar-refractivity contribution in [1.29, 1.82) is 0 Å². The van der Waals surface area contributed by atoms with Gasteiger partial charge in [-0.15, -0.1) is 12.6 Å². The van der Waals surface area contributed by atoms with Gasteiger partial charge in [-0.2, -0.15) is 0 Å². The molecule has 1 aromatic rings. The normalized spacial score (nSPS) is 9.83. The molecule has 5 heteroatoms. The van der Waals surface area contributed by atoms with Crippen LogP contribution in [-0.2, 0) is 11.2 Å². The quantitative estimate of drug-likeness (QED) is 0.596. The molecule has 0 atom stereocenters. The van der Waals surface area contributed by atoms with Gasteiger partial charge in [0.2, 0.25) is 5.91 Å². The van der Waals surface area contributed by atoms with Gasteiger partial charge in [-0.1, -0.05) is 0 Å². The van der Waals surface area contributed by atoms with Crippen molar-refractivity contribution in [2.75, 3.05) is 6.54 Å². The summed E-state index contributed by atoms with van der Waals surface area (Å²) >= 11 is 4.01. The average Bonchev–Trinajstić information content (AvgIpc) is 2.35. The van der Waals surface area contributed by atoms with E-state index in [0.29, 0.717) is 11.7 Å². The summed E-state index contributed by atoms with van der Waals surface area (Å²) in [4.78, 5) is 17.4. The summed E-state index contributed by atoms with van der Waals surface area (Å²) in [7, 11) is 0. The lowest BCUT2D eigenvalue weighted by molar-refractivity contribution is -0.118. The first-order valence-corrected chi connectivity index (χ1v) is 4.11. The van der Waals surface area contributed by atoms with Crippen LogP contribution < -0.4 is 5.32 Å². The maximum atomic E-state index is 10.5. The highest BCUT2D eigenvalue weighted by molar-refractivity contribution is 7.80. The molecule has 0 aliphatic carbocycles. The van der Waals surface area contributed by atoms with Gasteiger partial charge in [0.15, 0.2) is 5.16 Å². The van der Waals surface area contributed by atoms with Gasteiger partial charge >= 0.3 is 0 Å². The monoisotopic (exact) mass is 185 g/mol. The zero-order valence-corrected chi connectivity index (χ0v) is 7.69. The predicted octanol–water partition coefficient (Wildman–Crippen LogP) is 0.377. The summed E-state index contributed by atoms with van der Waals surface area (Å²) in [5.41, 5.74) is 0.911. The maximum absolute atomic E-state index is 10.5. The van der Waals surface area contributed by atoms with Crippen LogP contribution in [0.25, 0.3) is 0 Å². The molecular formula is C7H11N3OS. The number of hydrogen-bond donors (Lipinski definition) is 3. The Morgan fingerprint density at radius 2 is 2.58 bits per heavy atom. The van der Waals surface area contributed by atoms with E-state index >= 15 is 0 Å². The van der Waals surface area contributed by atoms with E-state index in [-0.39, 0.29) is 5.91 Å². The Kier molecular flexibility index (Phi) is 3.16. The Labute approximate surface area is 76.2 Å². The number of aromatic nitrogens is 2.